The van der Waals surface area contributed by atoms with Crippen LogP contribution in [0.3, 0.4) is 0 Å². The number of nitrogens with one attached hydrogen (secondary N) is 1. The zero-order chi connectivity index (χ0) is 27.0. The molecule has 39 heavy (non-hydrogen) atoms. The number of carboxylic acid groups (broad SMARTS) is 1. The normalized spacial score (nSPS) is 10.8. The van der Waals surface area contributed by atoms with Crippen molar-refractivity contribution in [3.8, 4) is 22.9 Å². The predicted molar refractivity (Wildman–Crippen MR) is 148 cm³/mol. The molecular weight excluding hydrogens is 497 g/mol. The topological polar surface area (TPSA) is 93.6 Å². The summed E-state index contributed by atoms with van der Waals surface area (Å²) in [6, 6.07) is 29.3. The average molecular weight is 524 g/mol. The van der Waals surface area contributed by atoms with Crippen LogP contribution in [0, 0.1) is 5.82 Å². The summed E-state index contributed by atoms with van der Waals surface area (Å²) in [6.07, 6.45) is 0.466. The second kappa shape index (κ2) is 12.0. The first-order valence-corrected chi connectivity index (χ1v) is 12.5. The largest absolute Gasteiger partial charge is 0.493 e. The lowest BCUT2D eigenvalue weighted by molar-refractivity contribution is -0.137. The molecule has 0 aliphatic rings. The molecule has 2 N–H and O–H groups in total. The van der Waals surface area contributed by atoms with E-state index in [0.717, 1.165) is 22.0 Å². The third-order valence-electron chi connectivity index (χ3n) is 6.03. The van der Waals surface area contributed by atoms with Crippen LogP contribution in [0.5, 0.6) is 11.6 Å². The Morgan fingerprint density at radius 1 is 0.846 bits per heavy atom. The van der Waals surface area contributed by atoms with Crippen molar-refractivity contribution in [1.82, 2.24) is 9.97 Å². The summed E-state index contributed by atoms with van der Waals surface area (Å²) in [5, 5.41) is 13.9. The number of anilines is 2. The van der Waals surface area contributed by atoms with E-state index in [0.29, 0.717) is 41.9 Å². The van der Waals surface area contributed by atoms with Gasteiger partial charge in [-0.05, 0) is 24.6 Å². The van der Waals surface area contributed by atoms with Crippen molar-refractivity contribution in [1.29, 1.82) is 0 Å². The average Bonchev–Trinajstić information content (AvgIpc) is 2.95. The van der Waals surface area contributed by atoms with Crippen molar-refractivity contribution in [2.24, 2.45) is 0 Å². The highest BCUT2D eigenvalue weighted by molar-refractivity contribution is 5.98. The fourth-order valence-electron chi connectivity index (χ4n) is 4.12. The molecular formula is C31H26FN3O4. The van der Waals surface area contributed by atoms with E-state index in [-0.39, 0.29) is 18.8 Å². The van der Waals surface area contributed by atoms with Crippen molar-refractivity contribution in [3.05, 3.63) is 108 Å². The molecule has 1 heterocycles. The summed E-state index contributed by atoms with van der Waals surface area (Å²) in [7, 11) is 0. The Kier molecular flexibility index (Phi) is 7.92. The van der Waals surface area contributed by atoms with E-state index in [1.807, 2.05) is 66.7 Å². The highest BCUT2D eigenvalue weighted by atomic mass is 19.1. The summed E-state index contributed by atoms with van der Waals surface area (Å²) >= 11 is 0. The molecule has 1 aromatic heterocycles. The first-order valence-electron chi connectivity index (χ1n) is 12.5. The summed E-state index contributed by atoms with van der Waals surface area (Å²) in [4.78, 5) is 20.1. The molecule has 8 heteroatoms. The molecule has 0 unspecified atom stereocenters. The van der Waals surface area contributed by atoms with Gasteiger partial charge in [-0.1, -0.05) is 72.8 Å². The van der Waals surface area contributed by atoms with E-state index in [9.17, 15) is 9.18 Å². The Morgan fingerprint density at radius 2 is 1.62 bits per heavy atom. The molecule has 7 nitrogen and oxygen atoms in total. The number of rotatable bonds is 11. The van der Waals surface area contributed by atoms with E-state index in [4.69, 9.17) is 19.6 Å². The third-order valence-corrected chi connectivity index (χ3v) is 6.03. The van der Waals surface area contributed by atoms with Crippen LogP contribution in [0.1, 0.15) is 18.4 Å². The van der Waals surface area contributed by atoms with Crippen molar-refractivity contribution < 1.29 is 23.8 Å². The number of hydrogen-bond donors (Lipinski definition) is 2. The smallest absolute Gasteiger partial charge is 0.303 e. The minimum Gasteiger partial charge on any atom is -0.493 e. The summed E-state index contributed by atoms with van der Waals surface area (Å²) in [5.41, 5.74) is 2.72. The monoisotopic (exact) mass is 523 g/mol. The van der Waals surface area contributed by atoms with Crippen molar-refractivity contribution in [2.45, 2.75) is 19.4 Å². The quantitative estimate of drug-likeness (QED) is 0.180. The Labute approximate surface area is 224 Å². The highest BCUT2D eigenvalue weighted by Crippen LogP contribution is 2.33. The fraction of sp³-hybridized carbons (Fsp3) is 0.129. The number of hydrogen-bond acceptors (Lipinski definition) is 6. The van der Waals surface area contributed by atoms with Crippen LogP contribution in [0.15, 0.2) is 97.1 Å². The van der Waals surface area contributed by atoms with Gasteiger partial charge in [-0.25, -0.2) is 9.37 Å². The Balaban J connectivity index is 1.44. The maximum absolute atomic E-state index is 14.2. The van der Waals surface area contributed by atoms with E-state index in [2.05, 4.69) is 10.3 Å². The SMILES string of the molecule is O=C(O)CCCOc1cccc2c(Nc3nc(OCc4ccccc4F)cc(-c4ccccc4)n3)cccc12. The molecule has 0 spiro atoms. The summed E-state index contributed by atoms with van der Waals surface area (Å²) < 4.78 is 25.9. The molecule has 4 aromatic carbocycles. The maximum Gasteiger partial charge on any atom is 0.303 e. The molecule has 196 valence electrons. The minimum atomic E-state index is -0.849. The third kappa shape index (κ3) is 6.48. The highest BCUT2D eigenvalue weighted by Gasteiger charge is 2.12. The molecule has 0 radical (unpaired) electrons. The second-order valence-corrected chi connectivity index (χ2v) is 8.79. The van der Waals surface area contributed by atoms with Gasteiger partial charge in [0.15, 0.2) is 0 Å². The van der Waals surface area contributed by atoms with Gasteiger partial charge in [0, 0.05) is 40.1 Å². The van der Waals surface area contributed by atoms with Crippen LogP contribution in [0.2, 0.25) is 0 Å². The molecule has 0 bridgehead atoms. The van der Waals surface area contributed by atoms with Gasteiger partial charge in [0.25, 0.3) is 0 Å². The molecule has 0 aliphatic carbocycles. The zero-order valence-electron chi connectivity index (χ0n) is 21.0. The standard InChI is InChI=1S/C31H26FN3O4/c32-25-14-5-4-11-22(25)20-39-29-19-27(21-9-2-1-3-10-21)34-31(35-29)33-26-15-6-13-24-23(26)12-7-16-28(24)38-18-8-17-30(36)37/h1-7,9-16,19H,8,17-18,20H2,(H,36,37)(H,33,34,35). The lowest BCUT2D eigenvalue weighted by atomic mass is 10.1. The summed E-state index contributed by atoms with van der Waals surface area (Å²) in [6.45, 7) is 0.322. The molecule has 0 aliphatic heterocycles. The van der Waals surface area contributed by atoms with Gasteiger partial charge in [-0.2, -0.15) is 4.98 Å². The van der Waals surface area contributed by atoms with Gasteiger partial charge in [0.1, 0.15) is 18.2 Å². The Bertz CT molecular complexity index is 1590. The first kappa shape index (κ1) is 25.7. The number of aliphatic carboxylic acids is 1. The lowest BCUT2D eigenvalue weighted by Gasteiger charge is -2.14. The van der Waals surface area contributed by atoms with Crippen LogP contribution in [-0.4, -0.2) is 27.7 Å². The summed E-state index contributed by atoms with van der Waals surface area (Å²) in [5.74, 6) is 0.0924. The van der Waals surface area contributed by atoms with Gasteiger partial charge in [0.2, 0.25) is 11.8 Å². The van der Waals surface area contributed by atoms with Gasteiger partial charge in [-0.3, -0.25) is 4.79 Å². The molecule has 0 amide bonds. The van der Waals surface area contributed by atoms with Gasteiger partial charge < -0.3 is 19.9 Å². The van der Waals surface area contributed by atoms with Crippen LogP contribution < -0.4 is 14.8 Å². The van der Waals surface area contributed by atoms with E-state index >= 15 is 0 Å². The number of benzene rings is 4. The molecule has 5 rings (SSSR count). The number of ether oxygens (including phenoxy) is 2. The number of carbonyl (C=O) groups is 1. The number of fused-ring (bicyclic) bond motifs is 1. The zero-order valence-corrected chi connectivity index (χ0v) is 21.0. The van der Waals surface area contributed by atoms with Crippen LogP contribution in [0.4, 0.5) is 16.0 Å². The maximum atomic E-state index is 14.2. The molecule has 5 aromatic rings. The number of nitrogens with zero attached hydrogens (tertiary/aromatic N) is 2. The molecule has 0 atom stereocenters. The number of aromatic nitrogens is 2. The van der Waals surface area contributed by atoms with Gasteiger partial charge in [0.05, 0.1) is 12.3 Å². The Hall–Kier alpha value is -4.98. The number of carboxylic acids is 1. The van der Waals surface area contributed by atoms with Crippen molar-refractivity contribution in [2.75, 3.05) is 11.9 Å². The molecule has 0 saturated carbocycles. The fourth-order valence-corrected chi connectivity index (χ4v) is 4.12. The minimum absolute atomic E-state index is 0.0220. The predicted octanol–water partition coefficient (Wildman–Crippen LogP) is 7.00. The van der Waals surface area contributed by atoms with Crippen LogP contribution in [0.25, 0.3) is 22.0 Å². The van der Waals surface area contributed by atoms with E-state index in [1.54, 1.807) is 24.3 Å². The molecule has 0 saturated heterocycles. The van der Waals surface area contributed by atoms with Crippen LogP contribution >= 0.6 is 0 Å². The lowest BCUT2D eigenvalue weighted by Crippen LogP contribution is -2.04. The number of halogens is 1. The van der Waals surface area contributed by atoms with Gasteiger partial charge in [-0.15, -0.1) is 0 Å². The van der Waals surface area contributed by atoms with E-state index < -0.39 is 5.97 Å². The van der Waals surface area contributed by atoms with Crippen molar-refractivity contribution >= 4 is 28.4 Å². The van der Waals surface area contributed by atoms with Crippen molar-refractivity contribution in [3.63, 3.8) is 0 Å². The second-order valence-electron chi connectivity index (χ2n) is 8.79. The first-order chi connectivity index (χ1) is 19.1. The Morgan fingerprint density at radius 3 is 2.44 bits per heavy atom. The van der Waals surface area contributed by atoms with Gasteiger partial charge >= 0.3 is 5.97 Å². The van der Waals surface area contributed by atoms with Crippen LogP contribution in [-0.2, 0) is 11.4 Å². The molecule has 0 fully saturated rings. The van der Waals surface area contributed by atoms with E-state index in [1.165, 1.54) is 6.07 Å².